The highest BCUT2D eigenvalue weighted by atomic mass is 16.5. The van der Waals surface area contributed by atoms with Crippen molar-refractivity contribution in [2.24, 2.45) is 0 Å². The molecule has 4 nitrogen and oxygen atoms in total. The van der Waals surface area contributed by atoms with Crippen molar-refractivity contribution in [3.8, 4) is 6.07 Å². The average molecular weight is 358 g/mol. The third-order valence-electron chi connectivity index (χ3n) is 4.58. The van der Waals surface area contributed by atoms with Crippen LogP contribution in [0.5, 0.6) is 0 Å². The maximum atomic E-state index is 13.0. The highest BCUT2D eigenvalue weighted by Gasteiger charge is 2.20. The van der Waals surface area contributed by atoms with Crippen LogP contribution in [0, 0.1) is 11.3 Å². The molecule has 136 valence electrons. The lowest BCUT2D eigenvalue weighted by molar-refractivity contribution is 0.0473. The fourth-order valence-electron chi connectivity index (χ4n) is 3.26. The van der Waals surface area contributed by atoms with Crippen molar-refractivity contribution in [1.29, 1.82) is 5.26 Å². The number of hydrogen-bond acceptors (Lipinski definition) is 4. The van der Waals surface area contributed by atoms with Crippen molar-refractivity contribution in [3.05, 3.63) is 76.5 Å². The monoisotopic (exact) mass is 358 g/mol. The van der Waals surface area contributed by atoms with Crippen molar-refractivity contribution >= 4 is 16.9 Å². The van der Waals surface area contributed by atoms with E-state index >= 15 is 0 Å². The van der Waals surface area contributed by atoms with E-state index in [0.717, 1.165) is 47.0 Å². The Morgan fingerprint density at radius 3 is 2.52 bits per heavy atom. The number of carbonyl (C=O) groups is 1. The Labute approximate surface area is 159 Å². The highest BCUT2D eigenvalue weighted by molar-refractivity contribution is 6.05. The van der Waals surface area contributed by atoms with Crippen LogP contribution < -0.4 is 0 Å². The van der Waals surface area contributed by atoms with Crippen LogP contribution in [0.25, 0.3) is 10.9 Å². The Kier molecular flexibility index (Phi) is 5.83. The molecule has 3 rings (SSSR count). The van der Waals surface area contributed by atoms with Gasteiger partial charge in [-0.1, -0.05) is 50.6 Å². The number of rotatable bonds is 6. The van der Waals surface area contributed by atoms with Crippen LogP contribution in [0.3, 0.4) is 0 Å². The SMILES string of the molecule is CCCc1nc2ccccc2c(C(=O)OCc2ccc(C#N)cc2)c1CC. The maximum Gasteiger partial charge on any atom is 0.339 e. The van der Waals surface area contributed by atoms with Crippen LogP contribution in [0.2, 0.25) is 0 Å². The van der Waals surface area contributed by atoms with Gasteiger partial charge in [-0.3, -0.25) is 4.98 Å². The molecule has 0 saturated carbocycles. The number of benzene rings is 2. The third-order valence-corrected chi connectivity index (χ3v) is 4.58. The summed E-state index contributed by atoms with van der Waals surface area (Å²) in [7, 11) is 0. The standard InChI is InChI=1S/C23H22N2O2/c1-3-7-20-18(4-2)22(19-8-5-6-9-21(19)25-20)23(26)27-15-17-12-10-16(14-24)11-13-17/h5-6,8-13H,3-4,7,15H2,1-2H3. The lowest BCUT2D eigenvalue weighted by Crippen LogP contribution is -2.12. The van der Waals surface area contributed by atoms with Gasteiger partial charge in [0, 0.05) is 11.1 Å². The van der Waals surface area contributed by atoms with E-state index in [4.69, 9.17) is 15.0 Å². The second-order valence-electron chi connectivity index (χ2n) is 6.42. The summed E-state index contributed by atoms with van der Waals surface area (Å²) in [5, 5.41) is 9.71. The summed E-state index contributed by atoms with van der Waals surface area (Å²) in [5.41, 5.74) is 4.84. The highest BCUT2D eigenvalue weighted by Crippen LogP contribution is 2.26. The van der Waals surface area contributed by atoms with E-state index < -0.39 is 0 Å². The molecule has 0 N–H and O–H groups in total. The van der Waals surface area contributed by atoms with Crippen molar-refractivity contribution in [3.63, 3.8) is 0 Å². The molecule has 4 heteroatoms. The average Bonchev–Trinajstić information content (AvgIpc) is 2.71. The van der Waals surface area contributed by atoms with Gasteiger partial charge in [-0.25, -0.2) is 4.79 Å². The van der Waals surface area contributed by atoms with Gasteiger partial charge in [-0.05, 0) is 42.2 Å². The number of carbonyl (C=O) groups excluding carboxylic acids is 1. The molecule has 0 radical (unpaired) electrons. The summed E-state index contributed by atoms with van der Waals surface area (Å²) in [4.78, 5) is 17.8. The van der Waals surface area contributed by atoms with Crippen molar-refractivity contribution in [2.75, 3.05) is 0 Å². The first-order chi connectivity index (χ1) is 13.2. The van der Waals surface area contributed by atoms with Crippen LogP contribution in [-0.4, -0.2) is 11.0 Å². The Morgan fingerprint density at radius 2 is 1.85 bits per heavy atom. The van der Waals surface area contributed by atoms with E-state index in [-0.39, 0.29) is 12.6 Å². The number of fused-ring (bicyclic) bond motifs is 1. The summed E-state index contributed by atoms with van der Waals surface area (Å²) < 4.78 is 5.62. The van der Waals surface area contributed by atoms with E-state index in [0.29, 0.717) is 11.1 Å². The number of para-hydroxylation sites is 1. The zero-order valence-electron chi connectivity index (χ0n) is 15.7. The molecule has 0 saturated heterocycles. The number of aryl methyl sites for hydroxylation is 1. The molecular weight excluding hydrogens is 336 g/mol. The van der Waals surface area contributed by atoms with Gasteiger partial charge >= 0.3 is 5.97 Å². The third kappa shape index (κ3) is 3.98. The lowest BCUT2D eigenvalue weighted by atomic mass is 9.96. The van der Waals surface area contributed by atoms with E-state index in [1.165, 1.54) is 0 Å². The fourth-order valence-corrected chi connectivity index (χ4v) is 3.26. The Bertz CT molecular complexity index is 1000. The molecule has 3 aromatic rings. The van der Waals surface area contributed by atoms with Gasteiger partial charge in [0.15, 0.2) is 0 Å². The minimum atomic E-state index is -0.327. The molecule has 0 bridgehead atoms. The van der Waals surface area contributed by atoms with Crippen molar-refractivity contribution < 1.29 is 9.53 Å². The number of nitrogens with zero attached hydrogens (tertiary/aromatic N) is 2. The summed E-state index contributed by atoms with van der Waals surface area (Å²) in [6.07, 6.45) is 2.54. The van der Waals surface area contributed by atoms with Gasteiger partial charge in [0.2, 0.25) is 0 Å². The van der Waals surface area contributed by atoms with Crippen LogP contribution in [0.4, 0.5) is 0 Å². The number of nitriles is 1. The fraction of sp³-hybridized carbons (Fsp3) is 0.261. The predicted octanol–water partition coefficient (Wildman–Crippen LogP) is 4.98. The smallest absolute Gasteiger partial charge is 0.339 e. The van der Waals surface area contributed by atoms with Gasteiger partial charge in [0.05, 0.1) is 22.7 Å². The molecular formula is C23H22N2O2. The molecule has 2 aromatic carbocycles. The van der Waals surface area contributed by atoms with E-state index in [2.05, 4.69) is 13.0 Å². The first kappa shape index (κ1) is 18.6. The number of esters is 1. The maximum absolute atomic E-state index is 13.0. The number of pyridine rings is 1. The molecule has 0 aliphatic carbocycles. The summed E-state index contributed by atoms with van der Waals surface area (Å²) in [5.74, 6) is -0.327. The molecule has 0 aliphatic heterocycles. The normalized spacial score (nSPS) is 10.6. The van der Waals surface area contributed by atoms with E-state index in [1.807, 2.05) is 31.2 Å². The predicted molar refractivity (Wildman–Crippen MR) is 105 cm³/mol. The van der Waals surface area contributed by atoms with Crippen LogP contribution in [0.1, 0.15) is 53.0 Å². The molecule has 0 unspecified atom stereocenters. The first-order valence-electron chi connectivity index (χ1n) is 9.24. The van der Waals surface area contributed by atoms with Gasteiger partial charge in [-0.15, -0.1) is 0 Å². The second kappa shape index (κ2) is 8.46. The second-order valence-corrected chi connectivity index (χ2v) is 6.42. The van der Waals surface area contributed by atoms with E-state index in [9.17, 15) is 4.79 Å². The molecule has 1 aromatic heterocycles. The van der Waals surface area contributed by atoms with Crippen molar-refractivity contribution in [1.82, 2.24) is 4.98 Å². The summed E-state index contributed by atoms with van der Waals surface area (Å²) >= 11 is 0. The number of ether oxygens (including phenoxy) is 1. The topological polar surface area (TPSA) is 63.0 Å². The Hall–Kier alpha value is -3.19. The van der Waals surface area contributed by atoms with Crippen LogP contribution in [0.15, 0.2) is 48.5 Å². The van der Waals surface area contributed by atoms with Gasteiger partial charge in [-0.2, -0.15) is 5.26 Å². The Morgan fingerprint density at radius 1 is 1.11 bits per heavy atom. The Balaban J connectivity index is 1.95. The van der Waals surface area contributed by atoms with Crippen LogP contribution >= 0.6 is 0 Å². The molecule has 0 fully saturated rings. The van der Waals surface area contributed by atoms with Crippen molar-refractivity contribution in [2.45, 2.75) is 39.7 Å². The zero-order valence-corrected chi connectivity index (χ0v) is 15.7. The molecule has 0 spiro atoms. The summed E-state index contributed by atoms with van der Waals surface area (Å²) in [6.45, 7) is 4.33. The molecule has 27 heavy (non-hydrogen) atoms. The number of hydrogen-bond donors (Lipinski definition) is 0. The lowest BCUT2D eigenvalue weighted by Gasteiger charge is -2.15. The largest absolute Gasteiger partial charge is 0.457 e. The van der Waals surface area contributed by atoms with Gasteiger partial charge < -0.3 is 4.74 Å². The molecule has 1 heterocycles. The first-order valence-corrected chi connectivity index (χ1v) is 9.24. The number of aromatic nitrogens is 1. The minimum absolute atomic E-state index is 0.174. The van der Waals surface area contributed by atoms with Gasteiger partial charge in [0.25, 0.3) is 0 Å². The minimum Gasteiger partial charge on any atom is -0.457 e. The van der Waals surface area contributed by atoms with Crippen LogP contribution in [-0.2, 0) is 24.2 Å². The quantitative estimate of drug-likeness (QED) is 0.583. The molecule has 0 atom stereocenters. The molecule has 0 aliphatic rings. The van der Waals surface area contributed by atoms with E-state index in [1.54, 1.807) is 24.3 Å². The summed E-state index contributed by atoms with van der Waals surface area (Å²) in [6, 6.07) is 16.9. The van der Waals surface area contributed by atoms with Gasteiger partial charge in [0.1, 0.15) is 6.61 Å². The zero-order chi connectivity index (χ0) is 19.2. The molecule has 0 amide bonds.